The highest BCUT2D eigenvalue weighted by Crippen LogP contribution is 2.14. The normalized spacial score (nSPS) is 11.2. The average Bonchev–Trinajstić information content (AvgIpc) is 2.92. The van der Waals surface area contributed by atoms with Gasteiger partial charge in [-0.2, -0.15) is 0 Å². The van der Waals surface area contributed by atoms with Crippen molar-refractivity contribution < 1.29 is 19.1 Å². The van der Waals surface area contributed by atoms with Crippen molar-refractivity contribution in [2.24, 2.45) is 0 Å². The third kappa shape index (κ3) is 12.7. The molecule has 0 bridgehead atoms. The molecule has 37 heavy (non-hydrogen) atoms. The van der Waals surface area contributed by atoms with E-state index in [1.165, 1.54) is 58.5 Å². The summed E-state index contributed by atoms with van der Waals surface area (Å²) in [4.78, 5) is 23.8. The number of anilines is 1. The maximum Gasteiger partial charge on any atom is 0.347 e. The second-order valence-corrected chi connectivity index (χ2v) is 9.51. The van der Waals surface area contributed by atoms with E-state index in [9.17, 15) is 9.59 Å². The third-order valence-electron chi connectivity index (χ3n) is 6.09. The summed E-state index contributed by atoms with van der Waals surface area (Å²) in [5, 5.41) is 4.14. The number of hydrogen-bond donors (Lipinski definition) is 1. The summed E-state index contributed by atoms with van der Waals surface area (Å²) in [5.74, 6) is 5.38. The lowest BCUT2D eigenvalue weighted by molar-refractivity contribution is -0.151. The predicted molar refractivity (Wildman–Crippen MR) is 151 cm³/mol. The Kier molecular flexibility index (Phi) is 15.0. The van der Waals surface area contributed by atoms with Crippen LogP contribution in [0.4, 0.5) is 5.69 Å². The Morgan fingerprint density at radius 3 is 2.05 bits per heavy atom. The van der Waals surface area contributed by atoms with E-state index in [0.29, 0.717) is 12.0 Å². The van der Waals surface area contributed by atoms with Gasteiger partial charge in [-0.25, -0.2) is 9.59 Å². The molecule has 1 unspecified atom stereocenters. The minimum atomic E-state index is -0.874. The van der Waals surface area contributed by atoms with Gasteiger partial charge >= 0.3 is 11.9 Å². The van der Waals surface area contributed by atoms with Crippen LogP contribution < -0.4 is 5.32 Å². The molecule has 1 N–H and O–H groups in total. The van der Waals surface area contributed by atoms with E-state index in [1.807, 2.05) is 36.4 Å². The van der Waals surface area contributed by atoms with Crippen LogP contribution in [-0.4, -0.2) is 31.7 Å². The van der Waals surface area contributed by atoms with Gasteiger partial charge < -0.3 is 14.8 Å². The van der Waals surface area contributed by atoms with Crippen molar-refractivity contribution in [3.63, 3.8) is 0 Å². The molecule has 2 aromatic rings. The van der Waals surface area contributed by atoms with Gasteiger partial charge in [0.2, 0.25) is 0 Å². The molecule has 2 rings (SSSR count). The second kappa shape index (κ2) is 18.3. The van der Waals surface area contributed by atoms with Crippen LogP contribution in [0.15, 0.2) is 48.5 Å². The topological polar surface area (TPSA) is 64.6 Å². The largest absolute Gasteiger partial charge is 0.466 e. The van der Waals surface area contributed by atoms with E-state index in [4.69, 9.17) is 16.3 Å². The molecular formula is C31H40ClNO4. The second-order valence-electron chi connectivity index (χ2n) is 9.07. The van der Waals surface area contributed by atoms with Gasteiger partial charge in [-0.05, 0) is 67.8 Å². The molecule has 5 nitrogen and oxygen atoms in total. The number of carbonyl (C=O) groups excluding carboxylic acids is 2. The van der Waals surface area contributed by atoms with Crippen molar-refractivity contribution in [2.75, 3.05) is 19.0 Å². The molecule has 2 aromatic carbocycles. The van der Waals surface area contributed by atoms with Crippen LogP contribution in [0, 0.1) is 11.8 Å². The molecule has 0 heterocycles. The van der Waals surface area contributed by atoms with Crippen molar-refractivity contribution in [1.82, 2.24) is 0 Å². The van der Waals surface area contributed by atoms with Gasteiger partial charge in [-0.3, -0.25) is 0 Å². The number of benzene rings is 2. The number of hydrogen-bond acceptors (Lipinski definition) is 5. The summed E-state index contributed by atoms with van der Waals surface area (Å²) in [6, 6.07) is 14.8. The SMILES string of the molecule is CCC(OC(=O)c1ccc(NCCCCCCCCCCCC#Cc2ccc(Cl)cc2)cc1)C(=O)OC. The van der Waals surface area contributed by atoms with E-state index < -0.39 is 18.0 Å². The Balaban J connectivity index is 1.45. The molecule has 0 aromatic heterocycles. The average molecular weight is 526 g/mol. The van der Waals surface area contributed by atoms with E-state index in [2.05, 4.69) is 21.9 Å². The standard InChI is InChI=1S/C31H40ClNO4/c1-3-29(31(35)36-2)37-30(34)26-18-22-28(23-19-26)33-24-14-12-10-8-6-4-5-7-9-11-13-15-25-16-20-27(32)21-17-25/h16-23,29,33H,3-12,14,24H2,1-2H3. The summed E-state index contributed by atoms with van der Waals surface area (Å²) in [5.41, 5.74) is 2.41. The summed E-state index contributed by atoms with van der Waals surface area (Å²) < 4.78 is 9.89. The Morgan fingerprint density at radius 2 is 1.46 bits per heavy atom. The van der Waals surface area contributed by atoms with Crippen molar-refractivity contribution in [1.29, 1.82) is 0 Å². The van der Waals surface area contributed by atoms with E-state index in [1.54, 1.807) is 19.1 Å². The molecule has 0 radical (unpaired) electrons. The van der Waals surface area contributed by atoms with Crippen LogP contribution in [0.25, 0.3) is 0 Å². The zero-order valence-corrected chi connectivity index (χ0v) is 22.9. The first kappa shape index (κ1) is 30.3. The zero-order valence-electron chi connectivity index (χ0n) is 22.2. The number of unbranched alkanes of at least 4 members (excludes halogenated alkanes) is 9. The predicted octanol–water partition coefficient (Wildman–Crippen LogP) is 7.81. The van der Waals surface area contributed by atoms with Crippen molar-refractivity contribution in [3.05, 3.63) is 64.7 Å². The van der Waals surface area contributed by atoms with Crippen molar-refractivity contribution >= 4 is 29.2 Å². The maximum absolute atomic E-state index is 12.2. The van der Waals surface area contributed by atoms with Crippen molar-refractivity contribution in [3.8, 4) is 11.8 Å². The van der Waals surface area contributed by atoms with Gasteiger partial charge in [0.1, 0.15) is 0 Å². The van der Waals surface area contributed by atoms with Crippen LogP contribution in [0.1, 0.15) is 93.5 Å². The van der Waals surface area contributed by atoms with E-state index in [0.717, 1.165) is 35.7 Å². The highest BCUT2D eigenvalue weighted by molar-refractivity contribution is 6.30. The van der Waals surface area contributed by atoms with Gasteiger partial charge in [0, 0.05) is 29.2 Å². The van der Waals surface area contributed by atoms with Crippen LogP contribution in [-0.2, 0) is 14.3 Å². The number of nitrogens with one attached hydrogen (secondary N) is 1. The first-order valence-corrected chi connectivity index (χ1v) is 13.8. The zero-order chi connectivity index (χ0) is 26.7. The van der Waals surface area contributed by atoms with Gasteiger partial charge in [0.25, 0.3) is 0 Å². The molecule has 0 spiro atoms. The van der Waals surface area contributed by atoms with E-state index >= 15 is 0 Å². The molecule has 0 amide bonds. The highest BCUT2D eigenvalue weighted by atomic mass is 35.5. The maximum atomic E-state index is 12.2. The molecule has 0 aliphatic rings. The lowest BCUT2D eigenvalue weighted by Crippen LogP contribution is -2.27. The fourth-order valence-corrected chi connectivity index (χ4v) is 3.98. The number of ether oxygens (including phenoxy) is 2. The lowest BCUT2D eigenvalue weighted by Gasteiger charge is -2.14. The lowest BCUT2D eigenvalue weighted by atomic mass is 10.1. The summed E-state index contributed by atoms with van der Waals surface area (Å²) in [7, 11) is 1.28. The number of esters is 2. The Hall–Kier alpha value is -2.97. The van der Waals surface area contributed by atoms with Crippen LogP contribution >= 0.6 is 11.6 Å². The van der Waals surface area contributed by atoms with Crippen molar-refractivity contribution in [2.45, 2.75) is 83.7 Å². The number of halogens is 1. The summed E-state index contributed by atoms with van der Waals surface area (Å²) in [6.07, 6.45) is 11.6. The van der Waals surface area contributed by atoms with Gasteiger partial charge in [0.15, 0.2) is 6.10 Å². The molecule has 0 saturated heterocycles. The third-order valence-corrected chi connectivity index (χ3v) is 6.34. The Morgan fingerprint density at radius 1 is 0.865 bits per heavy atom. The molecule has 6 heteroatoms. The molecule has 200 valence electrons. The first-order chi connectivity index (χ1) is 18.0. The van der Waals surface area contributed by atoms with Crippen LogP contribution in [0.3, 0.4) is 0 Å². The van der Waals surface area contributed by atoms with Crippen LogP contribution in [0.2, 0.25) is 5.02 Å². The first-order valence-electron chi connectivity index (χ1n) is 13.4. The molecule has 0 fully saturated rings. The Labute approximate surface area is 227 Å². The van der Waals surface area contributed by atoms with E-state index in [-0.39, 0.29) is 0 Å². The highest BCUT2D eigenvalue weighted by Gasteiger charge is 2.22. The minimum Gasteiger partial charge on any atom is -0.466 e. The van der Waals surface area contributed by atoms with Crippen LogP contribution in [0.5, 0.6) is 0 Å². The molecule has 1 atom stereocenters. The fourth-order valence-electron chi connectivity index (χ4n) is 3.86. The smallest absolute Gasteiger partial charge is 0.347 e. The molecular weight excluding hydrogens is 486 g/mol. The van der Waals surface area contributed by atoms with Gasteiger partial charge in [-0.1, -0.05) is 75.3 Å². The van der Waals surface area contributed by atoms with Gasteiger partial charge in [-0.15, -0.1) is 0 Å². The molecule has 0 aliphatic heterocycles. The van der Waals surface area contributed by atoms with Gasteiger partial charge in [0.05, 0.1) is 12.7 Å². The summed E-state index contributed by atoms with van der Waals surface area (Å²) >= 11 is 5.88. The molecule has 0 aliphatic carbocycles. The molecule has 0 saturated carbocycles. The minimum absolute atomic E-state index is 0.375. The monoisotopic (exact) mass is 525 g/mol. The number of carbonyl (C=O) groups is 2. The number of methoxy groups -OCH3 is 1. The summed E-state index contributed by atoms with van der Waals surface area (Å²) in [6.45, 7) is 2.67. The quantitative estimate of drug-likeness (QED) is 0.137. The Bertz CT molecular complexity index is 993. The fraction of sp³-hybridized carbons (Fsp3) is 0.484. The number of rotatable bonds is 16.